The van der Waals surface area contributed by atoms with Crippen molar-refractivity contribution >= 4 is 22.8 Å². The number of piperidine rings is 1. The van der Waals surface area contributed by atoms with E-state index in [1.807, 2.05) is 13.8 Å². The first-order valence-corrected chi connectivity index (χ1v) is 15.2. The summed E-state index contributed by atoms with van der Waals surface area (Å²) in [5.74, 6) is -3.76. The number of nitrogens with two attached hydrogens (primary N) is 1. The Bertz CT molecular complexity index is 1900. The number of fused-ring (bicyclic) bond motifs is 1. The molecule has 14 heteroatoms. The van der Waals surface area contributed by atoms with Gasteiger partial charge < -0.3 is 20.1 Å². The Hall–Kier alpha value is -5.00. The lowest BCUT2D eigenvalue weighted by Gasteiger charge is -2.39. The van der Waals surface area contributed by atoms with Gasteiger partial charge in [0.25, 0.3) is 5.91 Å². The first-order chi connectivity index (χ1) is 22.6. The summed E-state index contributed by atoms with van der Waals surface area (Å²) >= 11 is 0. The molecule has 2 aromatic heterocycles. The zero-order valence-corrected chi connectivity index (χ0v) is 25.9. The van der Waals surface area contributed by atoms with Crippen LogP contribution in [0.3, 0.4) is 0 Å². The average molecular weight is 647 g/mol. The van der Waals surface area contributed by atoms with Crippen LogP contribution in [0.25, 0.3) is 22.3 Å². The Labute approximate surface area is 269 Å². The van der Waals surface area contributed by atoms with Crippen LogP contribution >= 0.6 is 0 Å². The lowest BCUT2D eigenvalue weighted by atomic mass is 9.97. The number of carbonyl (C=O) groups is 1. The highest BCUT2D eigenvalue weighted by molar-refractivity contribution is 5.99. The number of hydrogen-bond acceptors (Lipinski definition) is 9. The Morgan fingerprint density at radius 3 is 2.66 bits per heavy atom. The van der Waals surface area contributed by atoms with Gasteiger partial charge in [-0.05, 0) is 57.0 Å². The highest BCUT2D eigenvalue weighted by Crippen LogP contribution is 2.37. The molecule has 0 spiro atoms. The summed E-state index contributed by atoms with van der Waals surface area (Å²) < 4.78 is 55.9. The Balaban J connectivity index is 1.29. The van der Waals surface area contributed by atoms with Gasteiger partial charge in [-0.15, -0.1) is 0 Å². The summed E-state index contributed by atoms with van der Waals surface area (Å²) in [6.07, 6.45) is 4.29. The molecule has 2 aromatic carbocycles. The van der Waals surface area contributed by atoms with E-state index in [4.69, 9.17) is 20.3 Å². The number of amides is 1. The van der Waals surface area contributed by atoms with E-state index in [2.05, 4.69) is 20.9 Å². The molecule has 2 aliphatic rings. The number of ether oxygens (including phenoxy) is 2. The smallest absolute Gasteiger partial charge is 0.264 e. The molecular formula is C33H33F3N8O3. The number of halogens is 3. The fourth-order valence-electron chi connectivity index (χ4n) is 6.11. The predicted molar refractivity (Wildman–Crippen MR) is 167 cm³/mol. The third-order valence-corrected chi connectivity index (χ3v) is 8.56. The summed E-state index contributed by atoms with van der Waals surface area (Å²) in [5.41, 5.74) is 6.38. The van der Waals surface area contributed by atoms with Crippen LogP contribution < -0.4 is 10.5 Å². The van der Waals surface area contributed by atoms with E-state index < -0.39 is 23.0 Å². The summed E-state index contributed by atoms with van der Waals surface area (Å²) in [7, 11) is 0. The molecule has 4 heterocycles. The Morgan fingerprint density at radius 2 is 1.91 bits per heavy atom. The van der Waals surface area contributed by atoms with E-state index in [0.29, 0.717) is 56.7 Å². The average Bonchev–Trinajstić information content (AvgIpc) is 3.47. The molecular weight excluding hydrogens is 613 g/mol. The second-order valence-electron chi connectivity index (χ2n) is 12.0. The van der Waals surface area contributed by atoms with Crippen LogP contribution in [0.1, 0.15) is 32.7 Å². The normalized spacial score (nSPS) is 17.9. The van der Waals surface area contributed by atoms with E-state index in [9.17, 15) is 18.8 Å². The van der Waals surface area contributed by atoms with Gasteiger partial charge in [-0.2, -0.15) is 14.8 Å². The zero-order chi connectivity index (χ0) is 33.3. The molecule has 2 fully saturated rings. The van der Waals surface area contributed by atoms with Crippen LogP contribution in [0.4, 0.5) is 19.0 Å². The topological polar surface area (TPSA) is 135 Å². The minimum Gasteiger partial charge on any atom is -0.454 e. The third kappa shape index (κ3) is 6.36. The van der Waals surface area contributed by atoms with Crippen molar-refractivity contribution in [3.8, 4) is 28.8 Å². The van der Waals surface area contributed by atoms with Gasteiger partial charge in [0, 0.05) is 43.3 Å². The number of carbonyl (C=O) groups excluding carboxylic acids is 1. The van der Waals surface area contributed by atoms with Crippen molar-refractivity contribution in [2.45, 2.75) is 38.3 Å². The molecule has 4 aromatic rings. The number of rotatable bonds is 7. The Morgan fingerprint density at radius 1 is 1.13 bits per heavy atom. The van der Waals surface area contributed by atoms with E-state index in [-0.39, 0.29) is 52.6 Å². The van der Waals surface area contributed by atoms with Crippen LogP contribution in [0, 0.1) is 28.8 Å². The van der Waals surface area contributed by atoms with Crippen molar-refractivity contribution in [3.63, 3.8) is 0 Å². The minimum absolute atomic E-state index is 0.0525. The second-order valence-corrected chi connectivity index (χ2v) is 12.0. The van der Waals surface area contributed by atoms with Crippen LogP contribution in [0.2, 0.25) is 0 Å². The standard InChI is InChI=1S/C33H33F3N8O3/c1-33(2,43-11-13-46-14-12-43)16-20(17-37)32(45)42-10-4-5-21(18-42)44-31-27(30(38)39-19-40-31)29(41-44)23-9-8-22(15-25(23)35)47-26-7-3-6-24(34)28(26)36/h3,6-9,15-16,19,21H,4-5,10-14,18H2,1-2H3,(H2,38,39,40)/b20-16-/t21-/m1/s1. The molecule has 0 bridgehead atoms. The van der Waals surface area contributed by atoms with E-state index >= 15 is 4.39 Å². The number of nitrogen functional groups attached to an aromatic ring is 1. The number of anilines is 1. The van der Waals surface area contributed by atoms with Gasteiger partial charge in [-0.1, -0.05) is 6.07 Å². The van der Waals surface area contributed by atoms with Crippen molar-refractivity contribution in [2.24, 2.45) is 0 Å². The molecule has 0 radical (unpaired) electrons. The molecule has 6 rings (SSSR count). The number of benzene rings is 2. The summed E-state index contributed by atoms with van der Waals surface area (Å²) in [5, 5.41) is 15.0. The quantitative estimate of drug-likeness (QED) is 0.217. The van der Waals surface area contributed by atoms with E-state index in [1.54, 1.807) is 15.7 Å². The molecule has 0 unspecified atom stereocenters. The summed E-state index contributed by atoms with van der Waals surface area (Å²) in [6.45, 7) is 7.22. The molecule has 0 saturated carbocycles. The van der Waals surface area contributed by atoms with Crippen molar-refractivity contribution < 1.29 is 27.4 Å². The van der Waals surface area contributed by atoms with Gasteiger partial charge in [0.1, 0.15) is 41.0 Å². The summed E-state index contributed by atoms with van der Waals surface area (Å²) in [4.78, 5) is 26.0. The lowest BCUT2D eigenvalue weighted by molar-refractivity contribution is -0.128. The molecule has 244 valence electrons. The molecule has 2 N–H and O–H groups in total. The van der Waals surface area contributed by atoms with Gasteiger partial charge >= 0.3 is 0 Å². The lowest BCUT2D eigenvalue weighted by Crippen LogP contribution is -2.49. The van der Waals surface area contributed by atoms with Crippen molar-refractivity contribution in [1.29, 1.82) is 5.26 Å². The predicted octanol–water partition coefficient (Wildman–Crippen LogP) is 5.01. The monoisotopic (exact) mass is 646 g/mol. The highest BCUT2D eigenvalue weighted by atomic mass is 19.2. The maximum Gasteiger partial charge on any atom is 0.264 e. The van der Waals surface area contributed by atoms with Crippen LogP contribution in [0.5, 0.6) is 11.5 Å². The SMILES string of the molecule is CC(C)(/C=C(/C#N)C(=O)N1CCC[C@@H](n2nc(-c3ccc(Oc4cccc(F)c4F)cc3F)c3c(N)ncnc32)C1)N1CCOCC1. The fourth-order valence-corrected chi connectivity index (χ4v) is 6.11. The zero-order valence-electron chi connectivity index (χ0n) is 25.9. The number of nitrogens with zero attached hydrogens (tertiary/aromatic N) is 7. The number of morpholine rings is 1. The van der Waals surface area contributed by atoms with Gasteiger partial charge in [0.15, 0.2) is 17.2 Å². The highest BCUT2D eigenvalue weighted by Gasteiger charge is 2.33. The molecule has 47 heavy (non-hydrogen) atoms. The van der Waals surface area contributed by atoms with Crippen molar-refractivity contribution in [3.05, 3.63) is 71.8 Å². The van der Waals surface area contributed by atoms with Gasteiger partial charge in [0.2, 0.25) is 5.82 Å². The van der Waals surface area contributed by atoms with E-state index in [0.717, 1.165) is 12.1 Å². The van der Waals surface area contributed by atoms with Gasteiger partial charge in [0.05, 0.1) is 24.6 Å². The van der Waals surface area contributed by atoms with Gasteiger partial charge in [-0.25, -0.2) is 23.4 Å². The first-order valence-electron chi connectivity index (χ1n) is 15.2. The fraction of sp³-hybridized carbons (Fsp3) is 0.364. The first kappa shape index (κ1) is 32.0. The molecule has 11 nitrogen and oxygen atoms in total. The number of hydrogen-bond donors (Lipinski definition) is 1. The molecule has 2 aliphatic heterocycles. The van der Waals surface area contributed by atoms with E-state index in [1.165, 1.54) is 30.6 Å². The molecule has 1 amide bonds. The Kier molecular flexibility index (Phi) is 8.85. The van der Waals surface area contributed by atoms with Crippen LogP contribution in [-0.4, -0.2) is 80.4 Å². The van der Waals surface area contributed by atoms with Gasteiger partial charge in [-0.3, -0.25) is 9.69 Å². The number of likely N-dealkylation sites (tertiary alicyclic amines) is 1. The third-order valence-electron chi connectivity index (χ3n) is 8.56. The maximum absolute atomic E-state index is 15.6. The largest absolute Gasteiger partial charge is 0.454 e. The van der Waals surface area contributed by atoms with Crippen LogP contribution in [0.15, 0.2) is 54.4 Å². The van der Waals surface area contributed by atoms with Crippen molar-refractivity contribution in [2.75, 3.05) is 45.1 Å². The molecule has 1 atom stereocenters. The van der Waals surface area contributed by atoms with Crippen LogP contribution in [-0.2, 0) is 9.53 Å². The summed E-state index contributed by atoms with van der Waals surface area (Å²) in [6, 6.07) is 9.06. The molecule has 0 aliphatic carbocycles. The molecule has 2 saturated heterocycles. The van der Waals surface area contributed by atoms with Crippen molar-refractivity contribution in [1.82, 2.24) is 29.5 Å². The number of nitriles is 1. The second kappa shape index (κ2) is 13.0. The minimum atomic E-state index is -1.19. The number of aromatic nitrogens is 4. The maximum atomic E-state index is 15.6.